The zero-order valence-corrected chi connectivity index (χ0v) is 17.9. The third-order valence-corrected chi connectivity index (χ3v) is 6.46. The number of amides is 1. The van der Waals surface area contributed by atoms with E-state index in [2.05, 4.69) is 15.5 Å². The third kappa shape index (κ3) is 5.65. The van der Waals surface area contributed by atoms with Gasteiger partial charge in [-0.2, -0.15) is 4.98 Å². The average molecular weight is 449 g/mol. The fraction of sp³-hybridized carbons (Fsp3) is 0.250. The van der Waals surface area contributed by atoms with Gasteiger partial charge < -0.3 is 9.84 Å². The summed E-state index contributed by atoms with van der Waals surface area (Å²) in [4.78, 5) is 16.5. The Kier molecular flexibility index (Phi) is 7.20. The van der Waals surface area contributed by atoms with Crippen molar-refractivity contribution >= 4 is 27.5 Å². The van der Waals surface area contributed by atoms with Gasteiger partial charge in [0.15, 0.2) is 0 Å². The van der Waals surface area contributed by atoms with Crippen molar-refractivity contribution < 1.29 is 17.7 Å². The number of carbonyl (C=O) groups excluding carboxylic acids is 1. The Balaban J connectivity index is 1.44. The zero-order chi connectivity index (χ0) is 21.6. The minimum Gasteiger partial charge on any atom is -0.347 e. The van der Waals surface area contributed by atoms with E-state index in [-0.39, 0.29) is 36.2 Å². The van der Waals surface area contributed by atoms with Crippen molar-refractivity contribution in [1.82, 2.24) is 19.8 Å². The summed E-state index contributed by atoms with van der Waals surface area (Å²) in [6.07, 6.45) is 0.557. The van der Waals surface area contributed by atoms with Crippen molar-refractivity contribution in [1.29, 1.82) is 0 Å². The summed E-state index contributed by atoms with van der Waals surface area (Å²) in [5.41, 5.74) is 0.753. The molecule has 0 fully saturated rings. The molecule has 0 bridgehead atoms. The van der Waals surface area contributed by atoms with Gasteiger partial charge in [-0.1, -0.05) is 35.0 Å². The Morgan fingerprint density at radius 2 is 1.83 bits per heavy atom. The van der Waals surface area contributed by atoms with Gasteiger partial charge in [0.1, 0.15) is 0 Å². The number of carbonyl (C=O) groups is 1. The number of halogens is 1. The third-order valence-electron chi connectivity index (χ3n) is 4.34. The molecular weight excluding hydrogens is 428 g/mol. The molecular formula is C20H21ClN4O4S. The Morgan fingerprint density at radius 3 is 2.53 bits per heavy atom. The van der Waals surface area contributed by atoms with Crippen LogP contribution in [0.5, 0.6) is 0 Å². The molecule has 3 rings (SSSR count). The highest BCUT2D eigenvalue weighted by molar-refractivity contribution is 7.89. The number of nitrogens with zero attached hydrogens (tertiary/aromatic N) is 3. The van der Waals surface area contributed by atoms with Gasteiger partial charge in [-0.05, 0) is 42.8 Å². The minimum absolute atomic E-state index is 0.0948. The highest BCUT2D eigenvalue weighted by atomic mass is 35.5. The smallest absolute Gasteiger partial charge is 0.246 e. The van der Waals surface area contributed by atoms with E-state index in [1.807, 2.05) is 0 Å². The van der Waals surface area contributed by atoms with Crippen LogP contribution in [0, 0.1) is 0 Å². The molecule has 10 heteroatoms. The Labute approximate surface area is 179 Å². The van der Waals surface area contributed by atoms with Crippen molar-refractivity contribution in [2.24, 2.45) is 0 Å². The summed E-state index contributed by atoms with van der Waals surface area (Å²) < 4.78 is 31.3. The first kappa shape index (κ1) is 21.9. The molecule has 1 N–H and O–H groups in total. The van der Waals surface area contributed by atoms with Gasteiger partial charge in [0.05, 0.1) is 11.4 Å². The largest absolute Gasteiger partial charge is 0.347 e. The molecule has 0 aliphatic heterocycles. The fourth-order valence-electron chi connectivity index (χ4n) is 2.66. The fourth-order valence-corrected chi connectivity index (χ4v) is 4.02. The van der Waals surface area contributed by atoms with E-state index in [1.165, 1.54) is 11.4 Å². The van der Waals surface area contributed by atoms with E-state index < -0.39 is 10.0 Å². The van der Waals surface area contributed by atoms with Crippen LogP contribution in [0.4, 0.5) is 0 Å². The maximum absolute atomic E-state index is 12.4. The Morgan fingerprint density at radius 1 is 1.13 bits per heavy atom. The number of hydrogen-bond acceptors (Lipinski definition) is 6. The number of aromatic nitrogens is 2. The number of rotatable bonds is 9. The van der Waals surface area contributed by atoms with Crippen molar-refractivity contribution in [3.05, 3.63) is 65.5 Å². The summed E-state index contributed by atoms with van der Waals surface area (Å²) in [6, 6.07) is 15.2. The zero-order valence-electron chi connectivity index (χ0n) is 16.3. The molecule has 3 aromatic rings. The molecule has 8 nitrogen and oxygen atoms in total. The standard InChI is InChI=1S/C20H21ClN4O4S/c1-25(30(27,28)17-6-3-2-4-7-17)13-5-8-18(26)22-14-19-23-20(24-29-19)15-9-11-16(21)12-10-15/h2-4,6-7,9-12H,5,8,13-14H2,1H3,(H,22,26). The second-order valence-electron chi connectivity index (χ2n) is 6.54. The predicted octanol–water partition coefficient (Wildman–Crippen LogP) is 3.11. The minimum atomic E-state index is -3.56. The van der Waals surface area contributed by atoms with Gasteiger partial charge in [0, 0.05) is 30.6 Å². The topological polar surface area (TPSA) is 105 Å². The lowest BCUT2D eigenvalue weighted by Gasteiger charge is -2.16. The molecule has 0 atom stereocenters. The highest BCUT2D eigenvalue weighted by Gasteiger charge is 2.20. The number of nitrogens with one attached hydrogen (secondary N) is 1. The lowest BCUT2D eigenvalue weighted by atomic mass is 10.2. The van der Waals surface area contributed by atoms with Gasteiger partial charge in [0.25, 0.3) is 0 Å². The van der Waals surface area contributed by atoms with Gasteiger partial charge in [0.2, 0.25) is 27.6 Å². The van der Waals surface area contributed by atoms with Crippen LogP contribution < -0.4 is 5.32 Å². The molecule has 0 unspecified atom stereocenters. The summed E-state index contributed by atoms with van der Waals surface area (Å²) in [5.74, 6) is 0.451. The second kappa shape index (κ2) is 9.84. The maximum atomic E-state index is 12.4. The molecule has 0 aliphatic carbocycles. The molecule has 2 aromatic carbocycles. The summed E-state index contributed by atoms with van der Waals surface area (Å²) >= 11 is 5.86. The monoisotopic (exact) mass is 448 g/mol. The van der Waals surface area contributed by atoms with Gasteiger partial charge in [-0.15, -0.1) is 0 Å². The van der Waals surface area contributed by atoms with Crippen LogP contribution in [0.1, 0.15) is 18.7 Å². The normalized spacial score (nSPS) is 11.6. The second-order valence-corrected chi connectivity index (χ2v) is 9.02. The molecule has 0 saturated carbocycles. The number of sulfonamides is 1. The van der Waals surface area contributed by atoms with Crippen molar-refractivity contribution in [3.8, 4) is 11.4 Å². The first-order valence-electron chi connectivity index (χ1n) is 9.23. The molecule has 1 aromatic heterocycles. The molecule has 1 amide bonds. The van der Waals surface area contributed by atoms with Crippen LogP contribution in [0.25, 0.3) is 11.4 Å². The summed E-state index contributed by atoms with van der Waals surface area (Å²) in [6.45, 7) is 0.323. The number of benzene rings is 2. The molecule has 1 heterocycles. The molecule has 158 valence electrons. The van der Waals surface area contributed by atoms with E-state index in [4.69, 9.17) is 16.1 Å². The van der Waals surface area contributed by atoms with Crippen molar-refractivity contribution in [2.75, 3.05) is 13.6 Å². The quantitative estimate of drug-likeness (QED) is 0.539. The van der Waals surface area contributed by atoms with Crippen LogP contribution in [-0.2, 0) is 21.4 Å². The maximum Gasteiger partial charge on any atom is 0.246 e. The number of hydrogen-bond donors (Lipinski definition) is 1. The first-order valence-corrected chi connectivity index (χ1v) is 11.0. The van der Waals surface area contributed by atoms with Gasteiger partial charge >= 0.3 is 0 Å². The molecule has 0 saturated heterocycles. The SMILES string of the molecule is CN(CCCC(=O)NCc1nc(-c2ccc(Cl)cc2)no1)S(=O)(=O)c1ccccc1. The van der Waals surface area contributed by atoms with Crippen molar-refractivity contribution in [2.45, 2.75) is 24.3 Å². The van der Waals surface area contributed by atoms with E-state index in [9.17, 15) is 13.2 Å². The van der Waals surface area contributed by atoms with Crippen LogP contribution >= 0.6 is 11.6 Å². The Hall–Kier alpha value is -2.75. The van der Waals surface area contributed by atoms with Gasteiger partial charge in [-0.3, -0.25) is 4.79 Å². The summed E-state index contributed by atoms with van der Waals surface area (Å²) in [5, 5.41) is 7.18. The lowest BCUT2D eigenvalue weighted by molar-refractivity contribution is -0.121. The molecule has 0 radical (unpaired) electrons. The average Bonchev–Trinajstić information content (AvgIpc) is 3.22. The van der Waals surface area contributed by atoms with Crippen LogP contribution in [0.2, 0.25) is 5.02 Å². The highest BCUT2D eigenvalue weighted by Crippen LogP contribution is 2.18. The van der Waals surface area contributed by atoms with E-state index >= 15 is 0 Å². The first-order chi connectivity index (χ1) is 14.4. The van der Waals surface area contributed by atoms with Crippen LogP contribution in [0.15, 0.2) is 64.0 Å². The van der Waals surface area contributed by atoms with Gasteiger partial charge in [-0.25, -0.2) is 12.7 Å². The van der Waals surface area contributed by atoms with E-state index in [0.29, 0.717) is 17.3 Å². The summed E-state index contributed by atoms with van der Waals surface area (Å²) in [7, 11) is -2.06. The van der Waals surface area contributed by atoms with Crippen LogP contribution in [0.3, 0.4) is 0 Å². The molecule has 0 aliphatic rings. The van der Waals surface area contributed by atoms with Crippen molar-refractivity contribution in [3.63, 3.8) is 0 Å². The molecule has 30 heavy (non-hydrogen) atoms. The molecule has 0 spiro atoms. The van der Waals surface area contributed by atoms with Crippen LogP contribution in [-0.4, -0.2) is 42.4 Å². The van der Waals surface area contributed by atoms with E-state index in [0.717, 1.165) is 5.56 Å². The predicted molar refractivity (Wildman–Crippen MR) is 112 cm³/mol. The Bertz CT molecular complexity index is 1090. The van der Waals surface area contributed by atoms with E-state index in [1.54, 1.807) is 54.6 Å². The lowest BCUT2D eigenvalue weighted by Crippen LogP contribution is -2.29.